The summed E-state index contributed by atoms with van der Waals surface area (Å²) in [7, 11) is 4.03. The summed E-state index contributed by atoms with van der Waals surface area (Å²) >= 11 is 0. The van der Waals surface area contributed by atoms with Crippen LogP contribution in [0.3, 0.4) is 0 Å². The van der Waals surface area contributed by atoms with Gasteiger partial charge in [-0.3, -0.25) is 0 Å². The summed E-state index contributed by atoms with van der Waals surface area (Å²) in [4.78, 5) is 14.7. The van der Waals surface area contributed by atoms with E-state index in [1.807, 2.05) is 65.2 Å². The average molecular weight is 384 g/mol. The summed E-state index contributed by atoms with van der Waals surface area (Å²) in [6, 6.07) is 9.66. The minimum absolute atomic E-state index is 0.0322. The van der Waals surface area contributed by atoms with E-state index in [2.05, 4.69) is 9.47 Å². The summed E-state index contributed by atoms with van der Waals surface area (Å²) < 4.78 is 19.0. The van der Waals surface area contributed by atoms with Gasteiger partial charge < -0.3 is 23.4 Å². The largest absolute Gasteiger partial charge is 0.489 e. The summed E-state index contributed by atoms with van der Waals surface area (Å²) in [5.41, 5.74) is 2.38. The fourth-order valence-electron chi connectivity index (χ4n) is 3.54. The molecule has 0 saturated heterocycles. The first-order valence-corrected chi connectivity index (χ1v) is 9.54. The molecular weight excluding hydrogens is 356 g/mol. The molecule has 6 nitrogen and oxygen atoms in total. The smallest absolute Gasteiger partial charge is 0.340 e. The fourth-order valence-corrected chi connectivity index (χ4v) is 3.54. The number of furan rings is 1. The van der Waals surface area contributed by atoms with Crippen molar-refractivity contribution < 1.29 is 18.7 Å². The van der Waals surface area contributed by atoms with Crippen molar-refractivity contribution in [2.45, 2.75) is 33.4 Å². The van der Waals surface area contributed by atoms with E-state index in [-0.39, 0.29) is 12.1 Å². The number of fused-ring (bicyclic) bond motifs is 1. The number of aromatic nitrogens is 1. The number of rotatable bonds is 8. The molecule has 1 atom stereocenters. The van der Waals surface area contributed by atoms with Crippen molar-refractivity contribution in [3.8, 4) is 5.75 Å². The number of carbonyl (C=O) groups is 1. The van der Waals surface area contributed by atoms with Gasteiger partial charge in [0.1, 0.15) is 17.6 Å². The fraction of sp³-hybridized carbons (Fsp3) is 0.409. The van der Waals surface area contributed by atoms with Crippen LogP contribution in [0.4, 0.5) is 0 Å². The maximum atomic E-state index is 12.7. The van der Waals surface area contributed by atoms with Crippen LogP contribution in [0, 0.1) is 6.92 Å². The molecule has 3 aromatic rings. The second-order valence-electron chi connectivity index (χ2n) is 7.22. The van der Waals surface area contributed by atoms with E-state index in [9.17, 15) is 4.79 Å². The molecule has 0 bridgehead atoms. The summed E-state index contributed by atoms with van der Waals surface area (Å²) in [6.07, 6.45) is 1.69. The number of nitrogens with zero attached hydrogens (tertiary/aromatic N) is 2. The second kappa shape index (κ2) is 8.52. The molecule has 150 valence electrons. The molecule has 0 N–H and O–H groups in total. The maximum Gasteiger partial charge on any atom is 0.340 e. The van der Waals surface area contributed by atoms with Crippen LogP contribution in [0.25, 0.3) is 10.9 Å². The molecule has 0 aliphatic heterocycles. The van der Waals surface area contributed by atoms with E-state index in [0.29, 0.717) is 18.7 Å². The van der Waals surface area contributed by atoms with Gasteiger partial charge >= 0.3 is 5.97 Å². The predicted octanol–water partition coefficient (Wildman–Crippen LogP) is 4.10. The van der Waals surface area contributed by atoms with Crippen LogP contribution in [-0.2, 0) is 11.3 Å². The van der Waals surface area contributed by atoms with Crippen molar-refractivity contribution in [2.75, 3.05) is 27.2 Å². The van der Waals surface area contributed by atoms with Crippen LogP contribution in [0.5, 0.6) is 5.75 Å². The van der Waals surface area contributed by atoms with E-state index >= 15 is 0 Å². The first kappa shape index (κ1) is 20.0. The summed E-state index contributed by atoms with van der Waals surface area (Å²) in [6.45, 7) is 7.47. The van der Waals surface area contributed by atoms with E-state index < -0.39 is 0 Å². The van der Waals surface area contributed by atoms with Crippen LogP contribution >= 0.6 is 0 Å². The Morgan fingerprint density at radius 2 is 2.07 bits per heavy atom. The standard InChI is InChI=1S/C22H28N2O4/c1-6-26-22(25)21-16(3)24(14-18-8-7-11-27-18)20-10-9-17(12-19(20)21)28-15(2)13-23(4)5/h7-12,15H,6,13-14H2,1-5H3. The second-order valence-corrected chi connectivity index (χ2v) is 7.22. The van der Waals surface area contributed by atoms with Gasteiger partial charge in [0.15, 0.2) is 0 Å². The lowest BCUT2D eigenvalue weighted by molar-refractivity contribution is 0.0527. The van der Waals surface area contributed by atoms with Gasteiger partial charge in [-0.05, 0) is 65.2 Å². The Labute approximate surface area is 165 Å². The third kappa shape index (κ3) is 4.22. The van der Waals surface area contributed by atoms with Gasteiger partial charge in [-0.1, -0.05) is 0 Å². The molecule has 0 fully saturated rings. The Morgan fingerprint density at radius 3 is 2.71 bits per heavy atom. The number of carbonyl (C=O) groups excluding carboxylic acids is 1. The van der Waals surface area contributed by atoms with Gasteiger partial charge in [0, 0.05) is 23.1 Å². The Bertz CT molecular complexity index is 941. The number of hydrogen-bond acceptors (Lipinski definition) is 5. The van der Waals surface area contributed by atoms with Crippen molar-refractivity contribution >= 4 is 16.9 Å². The highest BCUT2D eigenvalue weighted by molar-refractivity contribution is 6.06. The predicted molar refractivity (Wildman–Crippen MR) is 109 cm³/mol. The van der Waals surface area contributed by atoms with Gasteiger partial charge in [-0.15, -0.1) is 0 Å². The zero-order valence-electron chi connectivity index (χ0n) is 17.2. The molecule has 0 amide bonds. The highest BCUT2D eigenvalue weighted by Crippen LogP contribution is 2.31. The zero-order valence-corrected chi connectivity index (χ0v) is 17.2. The Hall–Kier alpha value is -2.73. The van der Waals surface area contributed by atoms with Crippen LogP contribution < -0.4 is 4.74 Å². The van der Waals surface area contributed by atoms with E-state index in [1.165, 1.54) is 0 Å². The highest BCUT2D eigenvalue weighted by atomic mass is 16.5. The first-order valence-electron chi connectivity index (χ1n) is 9.54. The van der Waals surface area contributed by atoms with Crippen LogP contribution in [0.1, 0.15) is 35.7 Å². The summed E-state index contributed by atoms with van der Waals surface area (Å²) in [5.74, 6) is 1.25. The highest BCUT2D eigenvalue weighted by Gasteiger charge is 2.22. The first-order chi connectivity index (χ1) is 13.4. The zero-order chi connectivity index (χ0) is 20.3. The van der Waals surface area contributed by atoms with Crippen molar-refractivity contribution in [1.82, 2.24) is 9.47 Å². The number of ether oxygens (including phenoxy) is 2. The minimum Gasteiger partial charge on any atom is -0.489 e. The van der Waals surface area contributed by atoms with Gasteiger partial charge in [-0.25, -0.2) is 4.79 Å². The van der Waals surface area contributed by atoms with Crippen molar-refractivity contribution in [3.63, 3.8) is 0 Å². The van der Waals surface area contributed by atoms with Crippen molar-refractivity contribution in [2.24, 2.45) is 0 Å². The van der Waals surface area contributed by atoms with Crippen LogP contribution in [0.15, 0.2) is 41.0 Å². The number of likely N-dealkylation sites (N-methyl/N-ethyl adjacent to an activating group) is 1. The minimum atomic E-state index is -0.318. The van der Waals surface area contributed by atoms with E-state index in [4.69, 9.17) is 13.9 Å². The molecule has 2 heterocycles. The third-order valence-electron chi connectivity index (χ3n) is 4.63. The lowest BCUT2D eigenvalue weighted by Gasteiger charge is -2.18. The lowest BCUT2D eigenvalue weighted by atomic mass is 10.1. The Morgan fingerprint density at radius 1 is 1.29 bits per heavy atom. The SMILES string of the molecule is CCOC(=O)c1c(C)n(Cc2ccco2)c2ccc(OC(C)CN(C)C)cc12. The topological polar surface area (TPSA) is 56.8 Å². The Balaban J connectivity index is 2.04. The molecule has 1 aromatic carbocycles. The summed E-state index contributed by atoms with van der Waals surface area (Å²) in [5, 5.41) is 0.831. The molecule has 0 spiro atoms. The van der Waals surface area contributed by atoms with Gasteiger partial charge in [0.25, 0.3) is 0 Å². The molecule has 0 saturated carbocycles. The van der Waals surface area contributed by atoms with Crippen LogP contribution in [-0.4, -0.2) is 48.8 Å². The average Bonchev–Trinajstić information content (AvgIpc) is 3.21. The van der Waals surface area contributed by atoms with Gasteiger partial charge in [-0.2, -0.15) is 0 Å². The number of esters is 1. The third-order valence-corrected chi connectivity index (χ3v) is 4.63. The maximum absolute atomic E-state index is 12.7. The normalized spacial score (nSPS) is 12.5. The molecule has 6 heteroatoms. The quantitative estimate of drug-likeness (QED) is 0.548. The van der Waals surface area contributed by atoms with E-state index in [0.717, 1.165) is 34.7 Å². The monoisotopic (exact) mass is 384 g/mol. The molecular formula is C22H28N2O4. The lowest BCUT2D eigenvalue weighted by Crippen LogP contribution is -2.27. The van der Waals surface area contributed by atoms with Crippen molar-refractivity contribution in [3.05, 3.63) is 53.6 Å². The molecule has 0 aliphatic carbocycles. The van der Waals surface area contributed by atoms with Crippen molar-refractivity contribution in [1.29, 1.82) is 0 Å². The molecule has 0 radical (unpaired) electrons. The molecule has 0 aliphatic rings. The number of hydrogen-bond donors (Lipinski definition) is 0. The molecule has 3 rings (SSSR count). The molecule has 28 heavy (non-hydrogen) atoms. The van der Waals surface area contributed by atoms with Crippen LogP contribution in [0.2, 0.25) is 0 Å². The van der Waals surface area contributed by atoms with Gasteiger partial charge in [0.2, 0.25) is 0 Å². The number of benzene rings is 1. The van der Waals surface area contributed by atoms with Gasteiger partial charge in [0.05, 0.1) is 25.0 Å². The Kier molecular flexibility index (Phi) is 6.09. The molecule has 2 aromatic heterocycles. The van der Waals surface area contributed by atoms with E-state index in [1.54, 1.807) is 6.26 Å². The molecule has 1 unspecified atom stereocenters.